The van der Waals surface area contributed by atoms with Crippen molar-refractivity contribution in [3.63, 3.8) is 0 Å². The second-order valence-electron chi connectivity index (χ2n) is 7.94. The summed E-state index contributed by atoms with van der Waals surface area (Å²) in [5.41, 5.74) is 10.1. The van der Waals surface area contributed by atoms with Crippen LogP contribution >= 0.6 is 12.2 Å². The molecule has 0 amide bonds. The Morgan fingerprint density at radius 3 is 2.61 bits per heavy atom. The number of benzene rings is 3. The standard InChI is InChI=1S/C26H22N4O2S/c1-15-20(25(31)32-14-16-8-3-2-4-9-16)21(22-23(27)29-26(33)30-24(22)28-15)19-13-7-11-17-10-5-6-12-18(17)19/h2-13,21H,14H2,1H3,(H4,27,28,29,30,33). The largest absolute Gasteiger partial charge is 0.457 e. The van der Waals surface area contributed by atoms with E-state index in [4.69, 9.17) is 22.7 Å². The average Bonchev–Trinajstić information content (AvgIpc) is 2.82. The zero-order valence-electron chi connectivity index (χ0n) is 18.0. The Labute approximate surface area is 196 Å². The van der Waals surface area contributed by atoms with Gasteiger partial charge in [0.15, 0.2) is 4.77 Å². The van der Waals surface area contributed by atoms with Crippen LogP contribution in [0.2, 0.25) is 0 Å². The van der Waals surface area contributed by atoms with Crippen molar-refractivity contribution < 1.29 is 9.53 Å². The molecule has 4 N–H and O–H groups in total. The number of carbonyl (C=O) groups is 1. The van der Waals surface area contributed by atoms with Crippen molar-refractivity contribution in [1.82, 2.24) is 9.97 Å². The van der Waals surface area contributed by atoms with Gasteiger partial charge in [-0.1, -0.05) is 72.8 Å². The molecule has 0 fully saturated rings. The van der Waals surface area contributed by atoms with Crippen LogP contribution in [0, 0.1) is 4.77 Å². The third kappa shape index (κ3) is 3.87. The number of aromatic nitrogens is 2. The number of nitrogen functional groups attached to an aromatic ring is 1. The predicted molar refractivity (Wildman–Crippen MR) is 132 cm³/mol. The van der Waals surface area contributed by atoms with E-state index in [0.717, 1.165) is 21.9 Å². The SMILES string of the molecule is CC1=C(C(=O)OCc2ccccc2)C(c2cccc3ccccc23)c2c(nc(=S)[nH]c2N)N1. The molecule has 0 spiro atoms. The van der Waals surface area contributed by atoms with Crippen molar-refractivity contribution in [2.75, 3.05) is 11.1 Å². The molecule has 2 heterocycles. The van der Waals surface area contributed by atoms with Gasteiger partial charge in [-0.15, -0.1) is 0 Å². The molecule has 33 heavy (non-hydrogen) atoms. The Morgan fingerprint density at radius 1 is 1.06 bits per heavy atom. The number of anilines is 2. The first-order valence-corrected chi connectivity index (χ1v) is 11.0. The molecule has 0 bridgehead atoms. The van der Waals surface area contributed by atoms with E-state index >= 15 is 0 Å². The Morgan fingerprint density at radius 2 is 1.79 bits per heavy atom. The van der Waals surface area contributed by atoms with E-state index in [1.807, 2.05) is 79.7 Å². The zero-order valence-corrected chi connectivity index (χ0v) is 18.8. The van der Waals surface area contributed by atoms with Gasteiger partial charge in [0.25, 0.3) is 0 Å². The fraction of sp³-hybridized carbons (Fsp3) is 0.115. The topological polar surface area (TPSA) is 93.0 Å². The number of hydrogen-bond acceptors (Lipinski definition) is 6. The minimum absolute atomic E-state index is 0.177. The molecule has 0 saturated heterocycles. The molecule has 1 unspecified atom stereocenters. The summed E-state index contributed by atoms with van der Waals surface area (Å²) in [5, 5.41) is 5.32. The molecule has 0 saturated carbocycles. The quantitative estimate of drug-likeness (QED) is 0.280. The van der Waals surface area contributed by atoms with Crippen molar-refractivity contribution in [1.29, 1.82) is 0 Å². The molecule has 1 atom stereocenters. The van der Waals surface area contributed by atoms with Gasteiger partial charge in [0, 0.05) is 11.3 Å². The Balaban J connectivity index is 1.66. The smallest absolute Gasteiger partial charge is 0.337 e. The molecule has 0 radical (unpaired) electrons. The number of carbonyl (C=O) groups excluding carboxylic acids is 1. The molecule has 0 aliphatic carbocycles. The van der Waals surface area contributed by atoms with Gasteiger partial charge < -0.3 is 20.8 Å². The number of nitrogens with two attached hydrogens (primary N) is 1. The van der Waals surface area contributed by atoms with Crippen molar-refractivity contribution >= 4 is 40.6 Å². The maximum Gasteiger partial charge on any atom is 0.337 e. The third-order valence-corrected chi connectivity index (χ3v) is 6.05. The van der Waals surface area contributed by atoms with Gasteiger partial charge >= 0.3 is 5.97 Å². The minimum atomic E-state index is -0.477. The number of nitrogens with one attached hydrogen (secondary N) is 2. The lowest BCUT2D eigenvalue weighted by molar-refractivity contribution is -0.140. The first kappa shape index (κ1) is 20.9. The van der Waals surface area contributed by atoms with Gasteiger partial charge in [-0.25, -0.2) is 9.78 Å². The first-order chi connectivity index (χ1) is 16.0. The first-order valence-electron chi connectivity index (χ1n) is 10.6. The van der Waals surface area contributed by atoms with Gasteiger partial charge in [-0.2, -0.15) is 0 Å². The summed E-state index contributed by atoms with van der Waals surface area (Å²) in [7, 11) is 0. The number of ether oxygens (including phenoxy) is 1. The summed E-state index contributed by atoms with van der Waals surface area (Å²) in [6, 6.07) is 23.7. The predicted octanol–water partition coefficient (Wildman–Crippen LogP) is 5.45. The molecule has 1 aliphatic heterocycles. The minimum Gasteiger partial charge on any atom is -0.457 e. The molecule has 4 aromatic rings. The monoisotopic (exact) mass is 454 g/mol. The number of fused-ring (bicyclic) bond motifs is 2. The summed E-state index contributed by atoms with van der Waals surface area (Å²) < 4.78 is 6.03. The maximum atomic E-state index is 13.5. The van der Waals surface area contributed by atoms with E-state index in [9.17, 15) is 4.79 Å². The number of H-pyrrole nitrogens is 1. The Hall–Kier alpha value is -3.97. The highest BCUT2D eigenvalue weighted by atomic mass is 32.1. The lowest BCUT2D eigenvalue weighted by Gasteiger charge is -2.30. The van der Waals surface area contributed by atoms with Crippen LogP contribution in [0.3, 0.4) is 0 Å². The molecule has 164 valence electrons. The van der Waals surface area contributed by atoms with Crippen LogP contribution in [0.5, 0.6) is 0 Å². The average molecular weight is 455 g/mol. The van der Waals surface area contributed by atoms with Crippen LogP contribution < -0.4 is 11.1 Å². The van der Waals surface area contributed by atoms with Crippen LogP contribution in [0.4, 0.5) is 11.6 Å². The second-order valence-corrected chi connectivity index (χ2v) is 8.33. The molecular formula is C26H22N4O2S. The number of nitrogens with zero attached hydrogens (tertiary/aromatic N) is 1. The second kappa shape index (κ2) is 8.52. The Kier molecular flexibility index (Phi) is 5.40. The highest BCUT2D eigenvalue weighted by Crippen LogP contribution is 2.45. The van der Waals surface area contributed by atoms with Crippen LogP contribution in [-0.2, 0) is 16.1 Å². The van der Waals surface area contributed by atoms with E-state index in [-0.39, 0.29) is 11.4 Å². The molecular weight excluding hydrogens is 432 g/mol. The van der Waals surface area contributed by atoms with Crippen LogP contribution in [-0.4, -0.2) is 15.9 Å². The number of allylic oxidation sites excluding steroid dienone is 1. The van der Waals surface area contributed by atoms with Crippen molar-refractivity contribution in [3.05, 3.63) is 106 Å². The van der Waals surface area contributed by atoms with Gasteiger partial charge in [0.1, 0.15) is 18.2 Å². The van der Waals surface area contributed by atoms with E-state index < -0.39 is 11.9 Å². The van der Waals surface area contributed by atoms with Crippen molar-refractivity contribution in [3.8, 4) is 0 Å². The summed E-state index contributed by atoms with van der Waals surface area (Å²) in [6.07, 6.45) is 0. The summed E-state index contributed by atoms with van der Waals surface area (Å²) in [6.45, 7) is 2.02. The highest BCUT2D eigenvalue weighted by molar-refractivity contribution is 7.71. The lowest BCUT2D eigenvalue weighted by atomic mass is 9.80. The summed E-state index contributed by atoms with van der Waals surface area (Å²) >= 11 is 5.24. The third-order valence-electron chi connectivity index (χ3n) is 5.85. The Bertz CT molecular complexity index is 1460. The van der Waals surface area contributed by atoms with Gasteiger partial charge in [0.2, 0.25) is 0 Å². The van der Waals surface area contributed by atoms with Gasteiger partial charge in [-0.05, 0) is 41.0 Å². The van der Waals surface area contributed by atoms with E-state index in [1.165, 1.54) is 0 Å². The number of aromatic amines is 1. The molecule has 6 nitrogen and oxygen atoms in total. The molecule has 1 aromatic heterocycles. The van der Waals surface area contributed by atoms with Crippen molar-refractivity contribution in [2.45, 2.75) is 19.4 Å². The molecule has 1 aliphatic rings. The van der Waals surface area contributed by atoms with Gasteiger partial charge in [0.05, 0.1) is 11.5 Å². The lowest BCUT2D eigenvalue weighted by Crippen LogP contribution is -2.26. The highest BCUT2D eigenvalue weighted by Gasteiger charge is 2.36. The summed E-state index contributed by atoms with van der Waals surface area (Å²) in [5.74, 6) is 0.0341. The molecule has 3 aromatic carbocycles. The van der Waals surface area contributed by atoms with Crippen LogP contribution in [0.1, 0.15) is 29.5 Å². The van der Waals surface area contributed by atoms with Crippen LogP contribution in [0.15, 0.2) is 84.1 Å². The fourth-order valence-corrected chi connectivity index (χ4v) is 4.58. The molecule has 7 heteroatoms. The molecule has 5 rings (SSSR count). The number of rotatable bonds is 4. The van der Waals surface area contributed by atoms with Crippen molar-refractivity contribution in [2.24, 2.45) is 0 Å². The van der Waals surface area contributed by atoms with E-state index in [2.05, 4.69) is 15.3 Å². The fourth-order valence-electron chi connectivity index (χ4n) is 4.38. The maximum absolute atomic E-state index is 13.5. The number of hydrogen-bond donors (Lipinski definition) is 3. The summed E-state index contributed by atoms with van der Waals surface area (Å²) in [4.78, 5) is 20.9. The van der Waals surface area contributed by atoms with Crippen LogP contribution in [0.25, 0.3) is 10.8 Å². The zero-order chi connectivity index (χ0) is 22.9. The van der Waals surface area contributed by atoms with Gasteiger partial charge in [-0.3, -0.25) is 0 Å². The van der Waals surface area contributed by atoms with E-state index in [0.29, 0.717) is 28.5 Å². The normalized spacial score (nSPS) is 15.1. The van der Waals surface area contributed by atoms with E-state index in [1.54, 1.807) is 0 Å². The number of esters is 1.